The number of hydrogen-bond acceptors (Lipinski definition) is 5. The minimum atomic E-state index is -1.14. The second-order valence-electron chi connectivity index (χ2n) is 5.02. The highest BCUT2D eigenvalue weighted by Gasteiger charge is 2.49. The van der Waals surface area contributed by atoms with Crippen LogP contribution in [0.2, 0.25) is 0 Å². The minimum absolute atomic E-state index is 0.191. The van der Waals surface area contributed by atoms with E-state index in [4.69, 9.17) is 4.74 Å². The largest absolute Gasteiger partial charge is 0.373 e. The molecule has 3 atom stereocenters. The van der Waals surface area contributed by atoms with Crippen LogP contribution in [0, 0.1) is 5.92 Å². The Bertz CT molecular complexity index is 313. The fourth-order valence-electron chi connectivity index (χ4n) is 2.72. The molecule has 0 aromatic heterocycles. The fourth-order valence-corrected chi connectivity index (χ4v) is 2.72. The third-order valence-corrected chi connectivity index (χ3v) is 3.70. The summed E-state index contributed by atoms with van der Waals surface area (Å²) in [4.78, 5) is 0. The van der Waals surface area contributed by atoms with Crippen molar-refractivity contribution in [1.29, 1.82) is 0 Å². The highest BCUT2D eigenvalue weighted by atomic mass is 19.1. The van der Waals surface area contributed by atoms with Crippen molar-refractivity contribution >= 4 is 0 Å². The van der Waals surface area contributed by atoms with E-state index in [-0.39, 0.29) is 12.1 Å². The monoisotopic (exact) mass is 246 g/mol. The first-order valence-electron chi connectivity index (χ1n) is 5.94. The molecule has 0 aromatic carbocycles. The molecule has 2 heterocycles. The quantitative estimate of drug-likeness (QED) is 0.690. The molecule has 0 N–H and O–H groups in total. The normalized spacial score (nSPS) is 45.5. The van der Waals surface area contributed by atoms with Crippen LogP contribution in [0.4, 0.5) is 8.78 Å². The Morgan fingerprint density at radius 3 is 2.29 bits per heavy atom. The van der Waals surface area contributed by atoms with Gasteiger partial charge in [0.05, 0.1) is 24.7 Å². The second kappa shape index (κ2) is 4.04. The van der Waals surface area contributed by atoms with E-state index in [1.165, 1.54) is 0 Å². The number of hydrogen-bond donors (Lipinski definition) is 0. The van der Waals surface area contributed by atoms with E-state index < -0.39 is 18.3 Å². The molecule has 2 fully saturated rings. The molecule has 3 aliphatic rings. The van der Waals surface area contributed by atoms with Crippen molar-refractivity contribution in [3.63, 3.8) is 0 Å². The highest BCUT2D eigenvalue weighted by molar-refractivity contribution is 4.97. The summed E-state index contributed by atoms with van der Waals surface area (Å²) in [7, 11) is 1.78. The molecule has 96 valence electrons. The van der Waals surface area contributed by atoms with Crippen molar-refractivity contribution in [2.75, 3.05) is 20.3 Å². The Balaban J connectivity index is 1.64. The second-order valence-corrected chi connectivity index (χ2v) is 5.02. The van der Waals surface area contributed by atoms with Gasteiger partial charge in [0.1, 0.15) is 19.0 Å². The van der Waals surface area contributed by atoms with Crippen LogP contribution in [0.5, 0.6) is 0 Å². The van der Waals surface area contributed by atoms with E-state index in [9.17, 15) is 8.78 Å². The number of nitrogens with zero attached hydrogens (tertiary/aromatic N) is 4. The van der Waals surface area contributed by atoms with Crippen LogP contribution in [-0.2, 0) is 4.74 Å². The Kier molecular flexibility index (Phi) is 2.65. The Labute approximate surface area is 98.4 Å². The van der Waals surface area contributed by atoms with Gasteiger partial charge in [-0.25, -0.2) is 8.78 Å². The molecule has 0 amide bonds. The lowest BCUT2D eigenvalue weighted by Crippen LogP contribution is -2.46. The predicted molar refractivity (Wildman–Crippen MR) is 55.4 cm³/mol. The van der Waals surface area contributed by atoms with Crippen molar-refractivity contribution in [3.05, 3.63) is 0 Å². The average molecular weight is 246 g/mol. The smallest absolute Gasteiger partial charge is 0.126 e. The number of rotatable bonds is 2. The van der Waals surface area contributed by atoms with Crippen LogP contribution in [0.25, 0.3) is 0 Å². The van der Waals surface area contributed by atoms with E-state index in [0.717, 1.165) is 0 Å². The highest BCUT2D eigenvalue weighted by Crippen LogP contribution is 2.39. The van der Waals surface area contributed by atoms with Crippen LogP contribution >= 0.6 is 0 Å². The van der Waals surface area contributed by atoms with Gasteiger partial charge in [-0.05, 0) is 0 Å². The van der Waals surface area contributed by atoms with Gasteiger partial charge < -0.3 is 4.74 Å². The number of ether oxygens (including phenoxy) is 1. The SMILES string of the molecule is CN1CN(C2CC(F)C(C3CO3)C(F)C2)N=N1. The van der Waals surface area contributed by atoms with Crippen LogP contribution in [0.1, 0.15) is 12.8 Å². The number of epoxide rings is 1. The molecular formula is C10H16F2N4O. The van der Waals surface area contributed by atoms with E-state index in [1.807, 2.05) is 0 Å². The summed E-state index contributed by atoms with van der Waals surface area (Å²) in [5.74, 6) is -0.580. The van der Waals surface area contributed by atoms with Crippen molar-refractivity contribution in [1.82, 2.24) is 10.0 Å². The maximum Gasteiger partial charge on any atom is 0.126 e. The van der Waals surface area contributed by atoms with Crippen molar-refractivity contribution in [3.8, 4) is 0 Å². The number of alkyl halides is 2. The van der Waals surface area contributed by atoms with Crippen LogP contribution in [0.3, 0.4) is 0 Å². The summed E-state index contributed by atoms with van der Waals surface area (Å²) in [6, 6.07) is -0.191. The van der Waals surface area contributed by atoms with Gasteiger partial charge in [-0.1, -0.05) is 10.4 Å². The first-order chi connectivity index (χ1) is 8.15. The molecule has 5 nitrogen and oxygen atoms in total. The first-order valence-corrected chi connectivity index (χ1v) is 5.94. The van der Waals surface area contributed by atoms with Gasteiger partial charge in [-0.2, -0.15) is 0 Å². The standard InChI is InChI=1S/C10H16F2N4O/c1-15-5-16(14-13-15)6-2-7(11)10(8(12)3-6)9-4-17-9/h6-10H,2-5H2,1H3. The zero-order valence-electron chi connectivity index (χ0n) is 9.67. The molecule has 17 heavy (non-hydrogen) atoms. The van der Waals surface area contributed by atoms with Gasteiger partial charge in [0.25, 0.3) is 0 Å². The summed E-state index contributed by atoms with van der Waals surface area (Å²) in [5.41, 5.74) is 0. The summed E-state index contributed by atoms with van der Waals surface area (Å²) in [5, 5.41) is 11.1. The zero-order valence-corrected chi connectivity index (χ0v) is 9.67. The van der Waals surface area contributed by atoms with Crippen LogP contribution < -0.4 is 0 Å². The molecule has 1 aliphatic carbocycles. The van der Waals surface area contributed by atoms with Gasteiger partial charge in [-0.15, -0.1) is 0 Å². The molecule has 0 bridgehead atoms. The third kappa shape index (κ3) is 2.08. The summed E-state index contributed by atoms with van der Waals surface area (Å²) < 4.78 is 32.9. The lowest BCUT2D eigenvalue weighted by molar-refractivity contribution is 0.00133. The van der Waals surface area contributed by atoms with Gasteiger partial charge in [0.15, 0.2) is 0 Å². The van der Waals surface area contributed by atoms with Crippen molar-refractivity contribution in [2.24, 2.45) is 16.4 Å². The predicted octanol–water partition coefficient (Wildman–Crippen LogP) is 1.33. The van der Waals surface area contributed by atoms with E-state index in [1.54, 1.807) is 17.1 Å². The maximum absolute atomic E-state index is 14.0. The van der Waals surface area contributed by atoms with Gasteiger partial charge >= 0.3 is 0 Å². The third-order valence-electron chi connectivity index (χ3n) is 3.70. The lowest BCUT2D eigenvalue weighted by atomic mass is 9.81. The Morgan fingerprint density at radius 2 is 1.82 bits per heavy atom. The van der Waals surface area contributed by atoms with Gasteiger partial charge in [0, 0.05) is 19.9 Å². The summed E-state index contributed by atoms with van der Waals surface area (Å²) in [6.45, 7) is 1.01. The van der Waals surface area contributed by atoms with Gasteiger partial charge in [0.2, 0.25) is 0 Å². The molecule has 1 saturated heterocycles. The Morgan fingerprint density at radius 1 is 1.18 bits per heavy atom. The van der Waals surface area contributed by atoms with Crippen molar-refractivity contribution < 1.29 is 13.5 Å². The van der Waals surface area contributed by atoms with Crippen LogP contribution in [-0.4, -0.2) is 54.8 Å². The fraction of sp³-hybridized carbons (Fsp3) is 1.00. The van der Waals surface area contributed by atoms with Crippen LogP contribution in [0.15, 0.2) is 10.4 Å². The van der Waals surface area contributed by atoms with E-state index in [2.05, 4.69) is 10.4 Å². The molecular weight excluding hydrogens is 230 g/mol. The average Bonchev–Trinajstić information content (AvgIpc) is 2.99. The molecule has 0 aromatic rings. The summed E-state index contributed by atoms with van der Waals surface area (Å²) in [6.07, 6.45) is -1.85. The molecule has 0 radical (unpaired) electrons. The van der Waals surface area contributed by atoms with E-state index >= 15 is 0 Å². The first kappa shape index (κ1) is 11.1. The van der Waals surface area contributed by atoms with E-state index in [0.29, 0.717) is 26.1 Å². The molecule has 7 heteroatoms. The molecule has 3 rings (SSSR count). The minimum Gasteiger partial charge on any atom is -0.373 e. The summed E-state index contributed by atoms with van der Waals surface area (Å²) >= 11 is 0. The Hall–Kier alpha value is -0.980. The molecule has 3 unspecified atom stereocenters. The molecule has 1 saturated carbocycles. The van der Waals surface area contributed by atoms with Gasteiger partial charge in [-0.3, -0.25) is 10.0 Å². The zero-order chi connectivity index (χ0) is 12.0. The lowest BCUT2D eigenvalue weighted by Gasteiger charge is -2.36. The van der Waals surface area contributed by atoms with Crippen molar-refractivity contribution in [2.45, 2.75) is 37.3 Å². The molecule has 2 aliphatic heterocycles. The number of halogens is 2. The maximum atomic E-state index is 14.0. The topological polar surface area (TPSA) is 43.7 Å². The molecule has 0 spiro atoms.